The fourth-order valence-corrected chi connectivity index (χ4v) is 3.64. The van der Waals surface area contributed by atoms with Crippen molar-refractivity contribution in [2.45, 2.75) is 24.9 Å². The van der Waals surface area contributed by atoms with Crippen LogP contribution in [0.25, 0.3) is 0 Å². The van der Waals surface area contributed by atoms with Crippen LogP contribution in [-0.2, 0) is 23.1 Å². The zero-order chi connectivity index (χ0) is 17.9. The lowest BCUT2D eigenvalue weighted by Crippen LogP contribution is -2.23. The molecule has 0 unspecified atom stereocenters. The van der Waals surface area contributed by atoms with Gasteiger partial charge in [0.2, 0.25) is 10.0 Å². The standard InChI is InChI=1S/C18H18ClN3O2S/c1-14-2-7-17(10-18(14)19)25(23,24)21-11-15-3-5-16(6-4-15)12-22-9-8-20-13-22/h2-10,13,21H,11-12H2,1H3. The van der Waals surface area contributed by atoms with Gasteiger partial charge in [-0.15, -0.1) is 0 Å². The van der Waals surface area contributed by atoms with E-state index in [0.29, 0.717) is 5.02 Å². The van der Waals surface area contributed by atoms with Gasteiger partial charge in [-0.05, 0) is 35.7 Å². The maximum absolute atomic E-state index is 12.4. The van der Waals surface area contributed by atoms with Crippen LogP contribution in [0.4, 0.5) is 0 Å². The van der Waals surface area contributed by atoms with E-state index >= 15 is 0 Å². The van der Waals surface area contributed by atoms with Crippen LogP contribution in [0.3, 0.4) is 0 Å². The van der Waals surface area contributed by atoms with Crippen LogP contribution in [0.5, 0.6) is 0 Å². The minimum Gasteiger partial charge on any atom is -0.333 e. The van der Waals surface area contributed by atoms with E-state index in [2.05, 4.69) is 9.71 Å². The smallest absolute Gasteiger partial charge is 0.240 e. The van der Waals surface area contributed by atoms with Crippen LogP contribution in [0.1, 0.15) is 16.7 Å². The normalized spacial score (nSPS) is 11.6. The number of nitrogens with zero attached hydrogens (tertiary/aromatic N) is 2. The largest absolute Gasteiger partial charge is 0.333 e. The Morgan fingerprint density at radius 2 is 1.84 bits per heavy atom. The Kier molecular flexibility index (Phi) is 5.22. The van der Waals surface area contributed by atoms with Gasteiger partial charge < -0.3 is 4.57 Å². The van der Waals surface area contributed by atoms with Crippen LogP contribution in [0, 0.1) is 6.92 Å². The zero-order valence-electron chi connectivity index (χ0n) is 13.7. The molecule has 0 amide bonds. The minimum atomic E-state index is -3.60. The molecule has 0 radical (unpaired) electrons. The summed E-state index contributed by atoms with van der Waals surface area (Å²) in [6.45, 7) is 2.78. The van der Waals surface area contributed by atoms with Crippen LogP contribution in [0.15, 0.2) is 66.1 Å². The summed E-state index contributed by atoms with van der Waals surface area (Å²) in [4.78, 5) is 4.18. The molecule has 1 N–H and O–H groups in total. The van der Waals surface area contributed by atoms with Crippen molar-refractivity contribution in [2.24, 2.45) is 0 Å². The maximum atomic E-state index is 12.4. The number of hydrogen-bond donors (Lipinski definition) is 1. The van der Waals surface area contributed by atoms with Gasteiger partial charge in [0.25, 0.3) is 0 Å². The fraction of sp³-hybridized carbons (Fsp3) is 0.167. The molecular weight excluding hydrogens is 358 g/mol. The molecule has 3 rings (SSSR count). The molecule has 0 aliphatic heterocycles. The highest BCUT2D eigenvalue weighted by Gasteiger charge is 2.14. The number of sulfonamides is 1. The van der Waals surface area contributed by atoms with E-state index in [0.717, 1.165) is 23.2 Å². The molecule has 0 saturated heterocycles. The van der Waals surface area contributed by atoms with Crippen LogP contribution >= 0.6 is 11.6 Å². The Morgan fingerprint density at radius 1 is 1.12 bits per heavy atom. The van der Waals surface area contributed by atoms with Gasteiger partial charge in [0, 0.05) is 30.5 Å². The first-order chi connectivity index (χ1) is 11.9. The first kappa shape index (κ1) is 17.7. The first-order valence-electron chi connectivity index (χ1n) is 7.73. The van der Waals surface area contributed by atoms with Gasteiger partial charge in [-0.1, -0.05) is 41.9 Å². The second kappa shape index (κ2) is 7.39. The summed E-state index contributed by atoms with van der Waals surface area (Å²) < 4.78 is 29.3. The van der Waals surface area contributed by atoms with E-state index in [9.17, 15) is 8.42 Å². The van der Waals surface area contributed by atoms with E-state index < -0.39 is 10.0 Å². The van der Waals surface area contributed by atoms with E-state index in [-0.39, 0.29) is 11.4 Å². The molecule has 5 nitrogen and oxygen atoms in total. The Balaban J connectivity index is 1.65. The number of rotatable bonds is 6. The molecule has 1 aromatic heterocycles. The summed E-state index contributed by atoms with van der Waals surface area (Å²) in [5, 5.41) is 0.437. The van der Waals surface area contributed by atoms with E-state index in [1.165, 1.54) is 6.07 Å². The molecule has 130 valence electrons. The molecule has 0 bridgehead atoms. The summed E-state index contributed by atoms with van der Waals surface area (Å²) >= 11 is 6.01. The summed E-state index contributed by atoms with van der Waals surface area (Å²) in [6, 6.07) is 12.5. The number of imidazole rings is 1. The van der Waals surface area contributed by atoms with E-state index in [1.807, 2.05) is 42.0 Å². The molecule has 3 aromatic rings. The van der Waals surface area contributed by atoms with Crippen molar-refractivity contribution in [1.29, 1.82) is 0 Å². The number of halogens is 1. The molecule has 2 aromatic carbocycles. The van der Waals surface area contributed by atoms with Gasteiger partial charge in [0.1, 0.15) is 0 Å². The van der Waals surface area contributed by atoms with Crippen LogP contribution < -0.4 is 4.72 Å². The predicted molar refractivity (Wildman–Crippen MR) is 98.0 cm³/mol. The van der Waals surface area contributed by atoms with E-state index in [4.69, 9.17) is 11.6 Å². The highest BCUT2D eigenvalue weighted by atomic mass is 35.5. The second-order valence-corrected chi connectivity index (χ2v) is 7.96. The molecule has 0 aliphatic rings. The van der Waals surface area contributed by atoms with Crippen molar-refractivity contribution < 1.29 is 8.42 Å². The topological polar surface area (TPSA) is 64.0 Å². The van der Waals surface area contributed by atoms with Crippen molar-refractivity contribution in [1.82, 2.24) is 14.3 Å². The lowest BCUT2D eigenvalue weighted by molar-refractivity contribution is 0.581. The molecule has 0 atom stereocenters. The van der Waals surface area contributed by atoms with Crippen molar-refractivity contribution in [3.05, 3.63) is 82.9 Å². The molecule has 7 heteroatoms. The Bertz CT molecular complexity index is 952. The van der Waals surface area contributed by atoms with Crippen molar-refractivity contribution in [3.8, 4) is 0 Å². The average molecular weight is 376 g/mol. The van der Waals surface area contributed by atoms with Gasteiger partial charge in [0.15, 0.2) is 0 Å². The zero-order valence-corrected chi connectivity index (χ0v) is 15.3. The van der Waals surface area contributed by atoms with Gasteiger partial charge in [0.05, 0.1) is 11.2 Å². The van der Waals surface area contributed by atoms with Crippen molar-refractivity contribution >= 4 is 21.6 Å². The highest BCUT2D eigenvalue weighted by Crippen LogP contribution is 2.20. The Hall–Kier alpha value is -2.15. The quantitative estimate of drug-likeness (QED) is 0.718. The number of hydrogen-bond acceptors (Lipinski definition) is 3. The van der Waals surface area contributed by atoms with Crippen molar-refractivity contribution in [2.75, 3.05) is 0 Å². The van der Waals surface area contributed by atoms with Gasteiger partial charge in [-0.3, -0.25) is 0 Å². The molecule has 0 aliphatic carbocycles. The van der Waals surface area contributed by atoms with E-state index in [1.54, 1.807) is 24.7 Å². The number of benzene rings is 2. The third-order valence-corrected chi connectivity index (χ3v) is 5.67. The fourth-order valence-electron chi connectivity index (χ4n) is 2.36. The Morgan fingerprint density at radius 3 is 2.48 bits per heavy atom. The van der Waals surface area contributed by atoms with Gasteiger partial charge >= 0.3 is 0 Å². The molecule has 25 heavy (non-hydrogen) atoms. The molecule has 0 spiro atoms. The van der Waals surface area contributed by atoms with Crippen molar-refractivity contribution in [3.63, 3.8) is 0 Å². The average Bonchev–Trinajstić information content (AvgIpc) is 3.10. The summed E-state index contributed by atoms with van der Waals surface area (Å²) in [5.74, 6) is 0. The third-order valence-electron chi connectivity index (χ3n) is 3.87. The number of aryl methyl sites for hydroxylation is 1. The highest BCUT2D eigenvalue weighted by molar-refractivity contribution is 7.89. The first-order valence-corrected chi connectivity index (χ1v) is 9.59. The van der Waals surface area contributed by atoms with Crippen LogP contribution in [0.2, 0.25) is 5.02 Å². The summed E-state index contributed by atoms with van der Waals surface area (Å²) in [7, 11) is -3.60. The van der Waals surface area contributed by atoms with Gasteiger partial charge in [-0.2, -0.15) is 0 Å². The molecular formula is C18H18ClN3O2S. The van der Waals surface area contributed by atoms with Gasteiger partial charge in [-0.25, -0.2) is 18.1 Å². The third kappa shape index (κ3) is 4.48. The predicted octanol–water partition coefficient (Wildman–Crippen LogP) is 3.37. The Labute approximate surface area is 152 Å². The second-order valence-electron chi connectivity index (χ2n) is 5.79. The molecule has 0 fully saturated rings. The lowest BCUT2D eigenvalue weighted by atomic mass is 10.1. The maximum Gasteiger partial charge on any atom is 0.240 e. The number of nitrogens with one attached hydrogen (secondary N) is 1. The molecule has 0 saturated carbocycles. The van der Waals surface area contributed by atoms with Crippen LogP contribution in [-0.4, -0.2) is 18.0 Å². The number of aromatic nitrogens is 2. The summed E-state index contributed by atoms with van der Waals surface area (Å²) in [6.07, 6.45) is 5.39. The minimum absolute atomic E-state index is 0.167. The lowest BCUT2D eigenvalue weighted by Gasteiger charge is -2.09. The molecule has 1 heterocycles. The monoisotopic (exact) mass is 375 g/mol. The summed E-state index contributed by atoms with van der Waals surface area (Å²) in [5.41, 5.74) is 2.85. The SMILES string of the molecule is Cc1ccc(S(=O)(=O)NCc2ccc(Cn3ccnc3)cc2)cc1Cl.